The van der Waals surface area contributed by atoms with Gasteiger partial charge in [0.2, 0.25) is 0 Å². The maximum Gasteiger partial charge on any atom is 0.191 e. The predicted molar refractivity (Wildman–Crippen MR) is 139 cm³/mol. The van der Waals surface area contributed by atoms with Gasteiger partial charge in [-0.3, -0.25) is 4.90 Å². The summed E-state index contributed by atoms with van der Waals surface area (Å²) in [7, 11) is 0. The number of halogens is 1. The lowest BCUT2D eigenvalue weighted by Gasteiger charge is -2.34. The van der Waals surface area contributed by atoms with Gasteiger partial charge in [-0.05, 0) is 45.4 Å². The average molecular weight is 556 g/mol. The first-order valence-corrected chi connectivity index (χ1v) is 11.0. The predicted octanol–water partition coefficient (Wildman–Crippen LogP) is 2.25. The van der Waals surface area contributed by atoms with E-state index in [1.165, 1.54) is 0 Å². The molecule has 8 nitrogen and oxygen atoms in total. The summed E-state index contributed by atoms with van der Waals surface area (Å²) >= 11 is 0. The number of aromatic nitrogens is 2. The largest absolute Gasteiger partial charge is 0.387 e. The molecule has 3 rings (SSSR count). The van der Waals surface area contributed by atoms with E-state index in [4.69, 9.17) is 9.73 Å². The lowest BCUT2D eigenvalue weighted by molar-refractivity contribution is -0.0201. The highest BCUT2D eigenvalue weighted by atomic mass is 127. The summed E-state index contributed by atoms with van der Waals surface area (Å²) in [6.45, 7) is 13.4. The number of benzene rings is 1. The molecule has 32 heavy (non-hydrogen) atoms. The number of hydrogen-bond donors (Lipinski definition) is 3. The van der Waals surface area contributed by atoms with Gasteiger partial charge in [-0.15, -0.1) is 24.0 Å². The highest BCUT2D eigenvalue weighted by Crippen LogP contribution is 2.18. The van der Waals surface area contributed by atoms with Gasteiger partial charge in [-0.1, -0.05) is 18.2 Å². The van der Waals surface area contributed by atoms with Gasteiger partial charge in [0.05, 0.1) is 36.7 Å². The summed E-state index contributed by atoms with van der Waals surface area (Å²) in [6.07, 6.45) is 0. The van der Waals surface area contributed by atoms with Crippen molar-refractivity contribution >= 4 is 29.9 Å². The molecule has 1 saturated heterocycles. The molecule has 0 spiro atoms. The molecule has 2 heterocycles. The van der Waals surface area contributed by atoms with E-state index in [0.717, 1.165) is 55.5 Å². The summed E-state index contributed by atoms with van der Waals surface area (Å²) in [6, 6.07) is 10.3. The SMILES string of the molecule is CCNC(=NCc1ccccc1-n1nc(C)cc1C)NCC(C)(O)CN1CCOCC1.I. The number of hydrogen-bond acceptors (Lipinski definition) is 5. The third kappa shape index (κ3) is 7.72. The number of nitrogens with one attached hydrogen (secondary N) is 2. The van der Waals surface area contributed by atoms with E-state index in [2.05, 4.69) is 45.8 Å². The van der Waals surface area contributed by atoms with Crippen molar-refractivity contribution < 1.29 is 9.84 Å². The number of para-hydroxylation sites is 1. The van der Waals surface area contributed by atoms with Crippen LogP contribution >= 0.6 is 24.0 Å². The fourth-order valence-corrected chi connectivity index (χ4v) is 3.80. The Bertz CT molecular complexity index is 877. The second-order valence-electron chi connectivity index (χ2n) is 8.40. The van der Waals surface area contributed by atoms with E-state index >= 15 is 0 Å². The Morgan fingerprint density at radius 3 is 2.59 bits per heavy atom. The summed E-state index contributed by atoms with van der Waals surface area (Å²) in [5.74, 6) is 0.688. The van der Waals surface area contributed by atoms with Crippen molar-refractivity contribution in [3.05, 3.63) is 47.3 Å². The standard InChI is InChI=1S/C23H36N6O2.HI/c1-5-24-22(26-16-23(4,30)17-28-10-12-31-13-11-28)25-15-20-8-6-7-9-21(20)29-19(3)14-18(2)27-29;/h6-9,14,30H,5,10-13,15-17H2,1-4H3,(H2,24,25,26);1H. The van der Waals surface area contributed by atoms with Gasteiger partial charge >= 0.3 is 0 Å². The van der Waals surface area contributed by atoms with Gasteiger partial charge in [0.25, 0.3) is 0 Å². The lowest BCUT2D eigenvalue weighted by atomic mass is 10.1. The van der Waals surface area contributed by atoms with Crippen LogP contribution in [0, 0.1) is 13.8 Å². The number of aryl methyl sites for hydroxylation is 2. The number of morpholine rings is 1. The van der Waals surface area contributed by atoms with Gasteiger partial charge in [-0.25, -0.2) is 9.67 Å². The van der Waals surface area contributed by atoms with Crippen molar-refractivity contribution in [3.8, 4) is 5.69 Å². The van der Waals surface area contributed by atoms with Crippen molar-refractivity contribution in [3.63, 3.8) is 0 Å². The number of aliphatic imine (C=N–C) groups is 1. The molecule has 1 aliphatic rings. The molecule has 1 aromatic carbocycles. The molecule has 3 N–H and O–H groups in total. The van der Waals surface area contributed by atoms with Gasteiger partial charge in [0.15, 0.2) is 5.96 Å². The molecule has 0 saturated carbocycles. The minimum Gasteiger partial charge on any atom is -0.387 e. The van der Waals surface area contributed by atoms with Gasteiger partial charge in [-0.2, -0.15) is 5.10 Å². The summed E-state index contributed by atoms with van der Waals surface area (Å²) < 4.78 is 7.36. The third-order valence-corrected chi connectivity index (χ3v) is 5.29. The number of β-amino-alcohol motifs (C(OH)–C–C–N with tert-alkyl or cyclic N) is 1. The number of nitrogens with zero attached hydrogens (tertiary/aromatic N) is 4. The molecular formula is C23H37IN6O2. The van der Waals surface area contributed by atoms with Crippen molar-refractivity contribution in [1.29, 1.82) is 0 Å². The van der Waals surface area contributed by atoms with Crippen LogP contribution in [0.1, 0.15) is 30.8 Å². The Morgan fingerprint density at radius 1 is 1.22 bits per heavy atom. The number of guanidine groups is 1. The fourth-order valence-electron chi connectivity index (χ4n) is 3.80. The molecule has 2 aromatic rings. The lowest BCUT2D eigenvalue weighted by Crippen LogP contribution is -2.52. The van der Waals surface area contributed by atoms with Crippen LogP contribution in [0.2, 0.25) is 0 Å². The van der Waals surface area contributed by atoms with Crippen molar-refractivity contribution in [2.75, 3.05) is 45.9 Å². The smallest absolute Gasteiger partial charge is 0.191 e. The van der Waals surface area contributed by atoms with E-state index in [1.54, 1.807) is 0 Å². The first-order chi connectivity index (χ1) is 14.9. The zero-order valence-corrected chi connectivity index (χ0v) is 21.9. The zero-order valence-electron chi connectivity index (χ0n) is 19.6. The summed E-state index contributed by atoms with van der Waals surface area (Å²) in [5.41, 5.74) is 3.35. The van der Waals surface area contributed by atoms with Crippen LogP contribution < -0.4 is 10.6 Å². The van der Waals surface area contributed by atoms with Gasteiger partial charge < -0.3 is 20.5 Å². The second kappa shape index (κ2) is 12.5. The average Bonchev–Trinajstić information content (AvgIpc) is 3.08. The molecule has 1 unspecified atom stereocenters. The number of ether oxygens (including phenoxy) is 1. The number of aliphatic hydroxyl groups is 1. The van der Waals surface area contributed by atoms with Crippen molar-refractivity contribution in [2.24, 2.45) is 4.99 Å². The van der Waals surface area contributed by atoms with Gasteiger partial charge in [0, 0.05) is 38.4 Å². The Morgan fingerprint density at radius 2 is 1.94 bits per heavy atom. The number of rotatable bonds is 8. The Hall–Kier alpha value is -1.69. The van der Waals surface area contributed by atoms with E-state index < -0.39 is 5.60 Å². The van der Waals surface area contributed by atoms with Crippen LogP contribution in [0.5, 0.6) is 0 Å². The molecule has 1 aliphatic heterocycles. The molecule has 1 aromatic heterocycles. The molecule has 0 amide bonds. The first kappa shape index (κ1) is 26.6. The minimum absolute atomic E-state index is 0. The second-order valence-corrected chi connectivity index (χ2v) is 8.40. The molecule has 1 atom stereocenters. The molecule has 178 valence electrons. The van der Waals surface area contributed by atoms with Crippen molar-refractivity contribution in [2.45, 2.75) is 39.8 Å². The van der Waals surface area contributed by atoms with Crippen LogP contribution in [0.15, 0.2) is 35.3 Å². The van der Waals surface area contributed by atoms with Crippen molar-refractivity contribution in [1.82, 2.24) is 25.3 Å². The first-order valence-electron chi connectivity index (χ1n) is 11.0. The molecule has 0 radical (unpaired) electrons. The quantitative estimate of drug-likeness (QED) is 0.263. The zero-order chi connectivity index (χ0) is 22.3. The highest BCUT2D eigenvalue weighted by Gasteiger charge is 2.25. The van der Waals surface area contributed by atoms with Gasteiger partial charge in [0.1, 0.15) is 0 Å². The summed E-state index contributed by atoms with van der Waals surface area (Å²) in [4.78, 5) is 7.00. The normalized spacial score (nSPS) is 16.8. The fraction of sp³-hybridized carbons (Fsp3) is 0.565. The third-order valence-electron chi connectivity index (χ3n) is 5.29. The minimum atomic E-state index is -0.866. The van der Waals surface area contributed by atoms with Crippen LogP contribution in [-0.4, -0.2) is 77.3 Å². The monoisotopic (exact) mass is 556 g/mol. The topological polar surface area (TPSA) is 86.9 Å². The molecular weight excluding hydrogens is 519 g/mol. The van der Waals surface area contributed by atoms with Crippen LogP contribution in [0.3, 0.4) is 0 Å². The van der Waals surface area contributed by atoms with Crippen LogP contribution in [-0.2, 0) is 11.3 Å². The van der Waals surface area contributed by atoms with E-state index in [9.17, 15) is 5.11 Å². The molecule has 0 aliphatic carbocycles. The van der Waals surface area contributed by atoms with E-state index in [-0.39, 0.29) is 24.0 Å². The maximum atomic E-state index is 10.9. The highest BCUT2D eigenvalue weighted by molar-refractivity contribution is 14.0. The summed E-state index contributed by atoms with van der Waals surface area (Å²) in [5, 5.41) is 22.1. The van der Waals surface area contributed by atoms with Crippen LogP contribution in [0.25, 0.3) is 5.69 Å². The molecule has 1 fully saturated rings. The molecule has 9 heteroatoms. The Kier molecular flexibility index (Phi) is 10.4. The molecule has 0 bridgehead atoms. The Labute approximate surface area is 208 Å². The Balaban J connectivity index is 0.00000363. The maximum absolute atomic E-state index is 10.9. The van der Waals surface area contributed by atoms with E-state index in [0.29, 0.717) is 25.6 Å². The van der Waals surface area contributed by atoms with Crippen LogP contribution in [0.4, 0.5) is 0 Å². The van der Waals surface area contributed by atoms with E-state index in [1.807, 2.05) is 37.6 Å².